The summed E-state index contributed by atoms with van der Waals surface area (Å²) in [6, 6.07) is 8.35. The second-order valence-corrected chi connectivity index (χ2v) is 5.50. The summed E-state index contributed by atoms with van der Waals surface area (Å²) in [5.74, 6) is 0. The Morgan fingerprint density at radius 2 is 2.15 bits per heavy atom. The fraction of sp³-hybridized carbons (Fsp3) is 0.429. The molecule has 20 heavy (non-hydrogen) atoms. The molecule has 2 rings (SSSR count). The van der Waals surface area contributed by atoms with E-state index < -0.39 is 0 Å². The number of thiocarbonyl (C=S) groups is 1. The molecule has 1 aromatic carbocycles. The average Bonchev–Trinajstić information content (AvgIpc) is 2.41. The van der Waals surface area contributed by atoms with E-state index >= 15 is 0 Å². The topological polar surface area (TPSA) is 56.9 Å². The molecule has 0 unspecified atom stereocenters. The minimum atomic E-state index is 0.176. The molecule has 1 aromatic rings. The van der Waals surface area contributed by atoms with Crippen LogP contribution in [0.1, 0.15) is 11.1 Å². The van der Waals surface area contributed by atoms with Gasteiger partial charge in [-0.05, 0) is 36.5 Å². The van der Waals surface area contributed by atoms with Crippen LogP contribution in [0.15, 0.2) is 29.4 Å². The Balaban J connectivity index is 1.92. The van der Waals surface area contributed by atoms with E-state index in [0.29, 0.717) is 0 Å². The highest BCUT2D eigenvalue weighted by molar-refractivity contribution is 7.80. The second kappa shape index (κ2) is 7.33. The van der Waals surface area contributed by atoms with Gasteiger partial charge in [0, 0.05) is 32.7 Å². The molecule has 1 aliphatic heterocycles. The average molecular weight is 291 g/mol. The largest absolute Gasteiger partial charge is 0.375 e. The minimum absolute atomic E-state index is 0.176. The maximum absolute atomic E-state index is 5.32. The number of nitrogens with one attached hydrogen (secondary N) is 1. The van der Waals surface area contributed by atoms with E-state index in [2.05, 4.69) is 39.5 Å². The van der Waals surface area contributed by atoms with Gasteiger partial charge in [0.05, 0.1) is 6.21 Å². The lowest BCUT2D eigenvalue weighted by atomic mass is 10.1. The zero-order valence-electron chi connectivity index (χ0n) is 11.7. The van der Waals surface area contributed by atoms with E-state index in [0.717, 1.165) is 38.3 Å². The molecule has 1 fully saturated rings. The number of rotatable bonds is 4. The van der Waals surface area contributed by atoms with Crippen LogP contribution >= 0.6 is 12.2 Å². The summed E-state index contributed by atoms with van der Waals surface area (Å²) < 4.78 is 0. The number of nitrogens with two attached hydrogens (primary N) is 1. The van der Waals surface area contributed by atoms with Gasteiger partial charge >= 0.3 is 0 Å². The van der Waals surface area contributed by atoms with Crippen molar-refractivity contribution in [3.05, 3.63) is 35.4 Å². The normalized spacial score (nSPS) is 17.4. The highest BCUT2D eigenvalue weighted by Gasteiger charge is 2.13. The molecule has 5 nitrogen and oxygen atoms in total. The van der Waals surface area contributed by atoms with E-state index in [-0.39, 0.29) is 5.11 Å². The SMILES string of the molecule is CN1CCN(Cc2cccc(C=NNC(N)=S)c2)CC1. The third-order valence-electron chi connectivity index (χ3n) is 3.34. The van der Waals surface area contributed by atoms with Gasteiger partial charge in [-0.1, -0.05) is 18.2 Å². The Bertz CT molecular complexity index is 480. The van der Waals surface area contributed by atoms with Crippen molar-refractivity contribution in [2.24, 2.45) is 10.8 Å². The van der Waals surface area contributed by atoms with Crippen molar-refractivity contribution in [1.82, 2.24) is 15.2 Å². The molecule has 0 amide bonds. The van der Waals surface area contributed by atoms with Gasteiger partial charge in [0.1, 0.15) is 0 Å². The van der Waals surface area contributed by atoms with Gasteiger partial charge in [-0.15, -0.1) is 0 Å². The molecule has 0 atom stereocenters. The molecule has 1 aliphatic rings. The van der Waals surface area contributed by atoms with Crippen LogP contribution in [-0.2, 0) is 6.54 Å². The van der Waals surface area contributed by atoms with E-state index in [9.17, 15) is 0 Å². The number of likely N-dealkylation sites (N-methyl/N-ethyl adjacent to an activating group) is 1. The quantitative estimate of drug-likeness (QED) is 0.483. The predicted molar refractivity (Wildman–Crippen MR) is 86.7 cm³/mol. The van der Waals surface area contributed by atoms with Crippen LogP contribution in [0.3, 0.4) is 0 Å². The van der Waals surface area contributed by atoms with Crippen LogP contribution < -0.4 is 11.2 Å². The number of nitrogens with zero attached hydrogens (tertiary/aromatic N) is 3. The number of hydrazone groups is 1. The summed E-state index contributed by atoms with van der Waals surface area (Å²) in [5.41, 5.74) is 10.2. The molecule has 3 N–H and O–H groups in total. The number of piperazine rings is 1. The van der Waals surface area contributed by atoms with Gasteiger partial charge in [0.15, 0.2) is 5.11 Å². The number of hydrogen-bond acceptors (Lipinski definition) is 4. The third-order valence-corrected chi connectivity index (χ3v) is 3.43. The summed E-state index contributed by atoms with van der Waals surface area (Å²) in [7, 11) is 2.17. The van der Waals surface area contributed by atoms with Gasteiger partial charge < -0.3 is 10.6 Å². The molecule has 1 heterocycles. The fourth-order valence-electron chi connectivity index (χ4n) is 2.21. The van der Waals surface area contributed by atoms with Crippen LogP contribution in [-0.4, -0.2) is 54.4 Å². The van der Waals surface area contributed by atoms with Crippen molar-refractivity contribution in [3.8, 4) is 0 Å². The molecule has 0 saturated carbocycles. The van der Waals surface area contributed by atoms with Crippen LogP contribution in [0, 0.1) is 0 Å². The molecule has 0 aliphatic carbocycles. The fourth-order valence-corrected chi connectivity index (χ4v) is 2.26. The molecule has 0 spiro atoms. The van der Waals surface area contributed by atoms with Gasteiger partial charge in [0.2, 0.25) is 0 Å². The maximum Gasteiger partial charge on any atom is 0.184 e. The lowest BCUT2D eigenvalue weighted by Crippen LogP contribution is -2.43. The van der Waals surface area contributed by atoms with Crippen LogP contribution in [0.2, 0.25) is 0 Å². The highest BCUT2D eigenvalue weighted by Crippen LogP contribution is 2.09. The van der Waals surface area contributed by atoms with Crippen molar-refractivity contribution in [2.45, 2.75) is 6.54 Å². The lowest BCUT2D eigenvalue weighted by molar-refractivity contribution is 0.148. The highest BCUT2D eigenvalue weighted by atomic mass is 32.1. The first-order chi connectivity index (χ1) is 9.63. The summed E-state index contributed by atoms with van der Waals surface area (Å²) in [6.07, 6.45) is 1.73. The molecule has 0 radical (unpaired) electrons. The first kappa shape index (κ1) is 14.9. The zero-order chi connectivity index (χ0) is 14.4. The second-order valence-electron chi connectivity index (χ2n) is 5.06. The van der Waals surface area contributed by atoms with Gasteiger partial charge in [0.25, 0.3) is 0 Å². The maximum atomic E-state index is 5.32. The van der Waals surface area contributed by atoms with Crippen molar-refractivity contribution in [3.63, 3.8) is 0 Å². The number of hydrogen-bond donors (Lipinski definition) is 2. The molecule has 0 aromatic heterocycles. The van der Waals surface area contributed by atoms with Gasteiger partial charge in [-0.2, -0.15) is 5.10 Å². The first-order valence-electron chi connectivity index (χ1n) is 6.72. The molecular weight excluding hydrogens is 270 g/mol. The molecule has 1 saturated heterocycles. The van der Waals surface area contributed by atoms with E-state index in [1.165, 1.54) is 5.56 Å². The Morgan fingerprint density at radius 3 is 2.85 bits per heavy atom. The molecule has 0 bridgehead atoms. The summed E-state index contributed by atoms with van der Waals surface area (Å²) in [5, 5.41) is 4.15. The predicted octanol–water partition coefficient (Wildman–Crippen LogP) is 0.601. The van der Waals surface area contributed by atoms with Gasteiger partial charge in [-0.25, -0.2) is 0 Å². The third kappa shape index (κ3) is 4.88. The van der Waals surface area contributed by atoms with Crippen molar-refractivity contribution in [1.29, 1.82) is 0 Å². The molecule has 6 heteroatoms. The van der Waals surface area contributed by atoms with E-state index in [4.69, 9.17) is 18.0 Å². The molecular formula is C14H21N5S. The van der Waals surface area contributed by atoms with Crippen LogP contribution in [0.25, 0.3) is 0 Å². The summed E-state index contributed by atoms with van der Waals surface area (Å²) >= 11 is 4.70. The smallest absolute Gasteiger partial charge is 0.184 e. The van der Waals surface area contributed by atoms with E-state index in [1.807, 2.05) is 12.1 Å². The Hall–Kier alpha value is -1.50. The Kier molecular flexibility index (Phi) is 5.46. The first-order valence-corrected chi connectivity index (χ1v) is 7.12. The summed E-state index contributed by atoms with van der Waals surface area (Å²) in [6.45, 7) is 5.51. The van der Waals surface area contributed by atoms with Crippen molar-refractivity contribution >= 4 is 23.5 Å². The monoisotopic (exact) mass is 291 g/mol. The number of benzene rings is 1. The van der Waals surface area contributed by atoms with Crippen LogP contribution in [0.5, 0.6) is 0 Å². The lowest BCUT2D eigenvalue weighted by Gasteiger charge is -2.32. The van der Waals surface area contributed by atoms with E-state index in [1.54, 1.807) is 6.21 Å². The van der Waals surface area contributed by atoms with Gasteiger partial charge in [-0.3, -0.25) is 10.3 Å². The van der Waals surface area contributed by atoms with Crippen molar-refractivity contribution in [2.75, 3.05) is 33.2 Å². The molecule has 108 valence electrons. The van der Waals surface area contributed by atoms with Crippen LogP contribution in [0.4, 0.5) is 0 Å². The zero-order valence-corrected chi connectivity index (χ0v) is 12.6. The summed E-state index contributed by atoms with van der Waals surface area (Å²) in [4.78, 5) is 4.84. The van der Waals surface area contributed by atoms with Crippen molar-refractivity contribution < 1.29 is 0 Å². The Labute approximate surface area is 125 Å². The Morgan fingerprint density at radius 1 is 1.40 bits per heavy atom. The standard InChI is InChI=1S/C14H21N5S/c1-18-5-7-19(8-6-18)11-13-4-2-3-12(9-13)10-16-17-14(15)20/h2-4,9-10H,5-8,11H2,1H3,(H3,15,17,20). The minimum Gasteiger partial charge on any atom is -0.375 e.